The lowest BCUT2D eigenvalue weighted by Gasteiger charge is -2.24. The zero-order valence-electron chi connectivity index (χ0n) is 11.5. The molecule has 19 heavy (non-hydrogen) atoms. The summed E-state index contributed by atoms with van der Waals surface area (Å²) in [5.41, 5.74) is 2.32. The molecule has 1 aromatic carbocycles. The van der Waals surface area contributed by atoms with Crippen LogP contribution in [0.2, 0.25) is 0 Å². The Morgan fingerprint density at radius 3 is 2.53 bits per heavy atom. The van der Waals surface area contributed by atoms with E-state index in [4.69, 9.17) is 4.74 Å². The molecule has 1 N–H and O–H groups in total. The minimum absolute atomic E-state index is 0.272. The first-order valence-electron chi connectivity index (χ1n) is 7.01. The molecule has 0 radical (unpaired) electrons. The molecule has 1 unspecified atom stereocenters. The molecule has 1 aliphatic rings. The number of ether oxygens (including phenoxy) is 1. The van der Waals surface area contributed by atoms with Crippen LogP contribution in [0.25, 0.3) is 0 Å². The van der Waals surface area contributed by atoms with Crippen molar-refractivity contribution >= 4 is 5.97 Å². The molecule has 0 saturated carbocycles. The van der Waals surface area contributed by atoms with Crippen LogP contribution in [0.3, 0.4) is 0 Å². The van der Waals surface area contributed by atoms with E-state index < -0.39 is 5.97 Å². The molecule has 1 aromatic rings. The third-order valence-corrected chi connectivity index (χ3v) is 3.91. The largest absolute Gasteiger partial charge is 0.481 e. The quantitative estimate of drug-likeness (QED) is 0.887. The highest BCUT2D eigenvalue weighted by Gasteiger charge is 2.24. The fourth-order valence-corrected chi connectivity index (χ4v) is 2.66. The summed E-state index contributed by atoms with van der Waals surface area (Å²) in [6, 6.07) is 8.16. The monoisotopic (exact) mass is 262 g/mol. The smallest absolute Gasteiger partial charge is 0.306 e. The highest BCUT2D eigenvalue weighted by molar-refractivity contribution is 5.70. The van der Waals surface area contributed by atoms with Crippen molar-refractivity contribution in [1.82, 2.24) is 0 Å². The minimum atomic E-state index is -0.674. The summed E-state index contributed by atoms with van der Waals surface area (Å²) in [7, 11) is 0. The van der Waals surface area contributed by atoms with E-state index >= 15 is 0 Å². The van der Waals surface area contributed by atoms with Crippen molar-refractivity contribution < 1.29 is 14.6 Å². The van der Waals surface area contributed by atoms with Crippen molar-refractivity contribution in [2.75, 3.05) is 13.2 Å². The van der Waals surface area contributed by atoms with E-state index in [2.05, 4.69) is 0 Å². The van der Waals surface area contributed by atoms with Crippen LogP contribution in [0.4, 0.5) is 0 Å². The van der Waals surface area contributed by atoms with E-state index in [1.54, 1.807) is 0 Å². The molecule has 3 heteroatoms. The molecular formula is C16H22O3. The molecule has 0 aliphatic carbocycles. The van der Waals surface area contributed by atoms with Crippen LogP contribution in [0.5, 0.6) is 0 Å². The predicted molar refractivity (Wildman–Crippen MR) is 74.2 cm³/mol. The number of carboxylic acids is 1. The van der Waals surface area contributed by atoms with Gasteiger partial charge in [-0.05, 0) is 44.1 Å². The minimum Gasteiger partial charge on any atom is -0.481 e. The van der Waals surface area contributed by atoms with Crippen LogP contribution in [0.15, 0.2) is 24.3 Å². The summed E-state index contributed by atoms with van der Waals surface area (Å²) < 4.78 is 5.33. The molecule has 0 spiro atoms. The lowest BCUT2D eigenvalue weighted by Crippen LogP contribution is -2.24. The first kappa shape index (κ1) is 14.1. The summed E-state index contributed by atoms with van der Waals surface area (Å²) in [6.45, 7) is 3.60. The topological polar surface area (TPSA) is 46.5 Å². The normalized spacial score (nSPS) is 18.2. The van der Waals surface area contributed by atoms with Gasteiger partial charge in [-0.1, -0.05) is 29.8 Å². The summed E-state index contributed by atoms with van der Waals surface area (Å²) >= 11 is 0. The van der Waals surface area contributed by atoms with Gasteiger partial charge in [0.05, 0.1) is 5.92 Å². The highest BCUT2D eigenvalue weighted by Crippen LogP contribution is 2.25. The second-order valence-electron chi connectivity index (χ2n) is 5.52. The third-order valence-electron chi connectivity index (χ3n) is 3.91. The summed E-state index contributed by atoms with van der Waals surface area (Å²) in [5.74, 6) is -0.446. The van der Waals surface area contributed by atoms with Crippen LogP contribution < -0.4 is 0 Å². The number of hydrogen-bond acceptors (Lipinski definition) is 2. The second-order valence-corrected chi connectivity index (χ2v) is 5.52. The molecular weight excluding hydrogens is 240 g/mol. The fraction of sp³-hybridized carbons (Fsp3) is 0.562. The Labute approximate surface area is 114 Å². The summed E-state index contributed by atoms with van der Waals surface area (Å²) in [5, 5.41) is 9.39. The van der Waals surface area contributed by atoms with Crippen LogP contribution in [-0.4, -0.2) is 24.3 Å². The van der Waals surface area contributed by atoms with Gasteiger partial charge in [0.25, 0.3) is 0 Å². The number of rotatable bonds is 5. The number of benzene rings is 1. The van der Waals surface area contributed by atoms with Crippen molar-refractivity contribution in [2.24, 2.45) is 11.8 Å². The van der Waals surface area contributed by atoms with Crippen molar-refractivity contribution in [2.45, 2.75) is 32.6 Å². The van der Waals surface area contributed by atoms with E-state index in [0.717, 1.165) is 38.0 Å². The molecule has 104 valence electrons. The standard InChI is InChI=1S/C16H22O3/c1-12-2-4-13(5-3-12)10-15(16(17)18)11-14-6-8-19-9-7-14/h2-5,14-15H,6-11H2,1H3,(H,17,18). The molecule has 1 fully saturated rings. The van der Waals surface area contributed by atoms with Gasteiger partial charge >= 0.3 is 5.97 Å². The maximum atomic E-state index is 11.4. The van der Waals surface area contributed by atoms with Gasteiger partial charge in [-0.3, -0.25) is 4.79 Å². The van der Waals surface area contributed by atoms with Crippen molar-refractivity contribution in [3.63, 3.8) is 0 Å². The Morgan fingerprint density at radius 2 is 1.95 bits per heavy atom. The number of aliphatic carboxylic acids is 1. The van der Waals surface area contributed by atoms with Crippen molar-refractivity contribution in [1.29, 1.82) is 0 Å². The molecule has 0 bridgehead atoms. The lowest BCUT2D eigenvalue weighted by molar-refractivity contribution is -0.142. The zero-order chi connectivity index (χ0) is 13.7. The molecule has 0 amide bonds. The van der Waals surface area contributed by atoms with E-state index in [1.807, 2.05) is 31.2 Å². The fourth-order valence-electron chi connectivity index (χ4n) is 2.66. The van der Waals surface area contributed by atoms with Crippen LogP contribution in [0.1, 0.15) is 30.4 Å². The van der Waals surface area contributed by atoms with Gasteiger partial charge in [0, 0.05) is 13.2 Å². The van der Waals surface area contributed by atoms with Crippen LogP contribution in [0, 0.1) is 18.8 Å². The van der Waals surface area contributed by atoms with Gasteiger partial charge in [-0.25, -0.2) is 0 Å². The zero-order valence-corrected chi connectivity index (χ0v) is 11.5. The second kappa shape index (κ2) is 6.71. The Balaban J connectivity index is 1.95. The Morgan fingerprint density at radius 1 is 1.32 bits per heavy atom. The average Bonchev–Trinajstić information content (AvgIpc) is 2.41. The van der Waals surface area contributed by atoms with Gasteiger partial charge in [0.15, 0.2) is 0 Å². The summed E-state index contributed by atoms with van der Waals surface area (Å²) in [4.78, 5) is 11.4. The van der Waals surface area contributed by atoms with E-state index in [9.17, 15) is 9.90 Å². The molecule has 0 aromatic heterocycles. The molecule has 2 rings (SSSR count). The maximum absolute atomic E-state index is 11.4. The number of carboxylic acid groups (broad SMARTS) is 1. The average molecular weight is 262 g/mol. The van der Waals surface area contributed by atoms with Crippen molar-refractivity contribution in [3.05, 3.63) is 35.4 Å². The van der Waals surface area contributed by atoms with Crippen molar-refractivity contribution in [3.8, 4) is 0 Å². The van der Waals surface area contributed by atoms with Gasteiger partial charge in [0.1, 0.15) is 0 Å². The third kappa shape index (κ3) is 4.35. The predicted octanol–water partition coefficient (Wildman–Crippen LogP) is 3.06. The van der Waals surface area contributed by atoms with Gasteiger partial charge in [-0.2, -0.15) is 0 Å². The first-order valence-corrected chi connectivity index (χ1v) is 7.01. The first-order chi connectivity index (χ1) is 9.15. The molecule has 3 nitrogen and oxygen atoms in total. The maximum Gasteiger partial charge on any atom is 0.306 e. The Kier molecular flexibility index (Phi) is 4.97. The SMILES string of the molecule is Cc1ccc(CC(CC2CCOCC2)C(=O)O)cc1. The molecule has 1 saturated heterocycles. The summed E-state index contributed by atoms with van der Waals surface area (Å²) in [6.07, 6.45) is 3.40. The van der Waals surface area contributed by atoms with E-state index in [1.165, 1.54) is 5.56 Å². The Hall–Kier alpha value is -1.35. The molecule has 1 atom stereocenters. The van der Waals surface area contributed by atoms with E-state index in [-0.39, 0.29) is 5.92 Å². The van der Waals surface area contributed by atoms with Gasteiger partial charge < -0.3 is 9.84 Å². The van der Waals surface area contributed by atoms with Gasteiger partial charge in [0.2, 0.25) is 0 Å². The molecule has 1 heterocycles. The Bertz CT molecular complexity index is 405. The van der Waals surface area contributed by atoms with Crippen LogP contribution >= 0.6 is 0 Å². The van der Waals surface area contributed by atoms with E-state index in [0.29, 0.717) is 12.3 Å². The molecule has 1 aliphatic heterocycles. The number of aryl methyl sites for hydroxylation is 1. The highest BCUT2D eigenvalue weighted by atomic mass is 16.5. The lowest BCUT2D eigenvalue weighted by atomic mass is 9.85. The number of carbonyl (C=O) groups is 1. The van der Waals surface area contributed by atoms with Gasteiger partial charge in [-0.15, -0.1) is 0 Å². The number of hydrogen-bond donors (Lipinski definition) is 1. The van der Waals surface area contributed by atoms with Crippen LogP contribution in [-0.2, 0) is 16.0 Å².